The summed E-state index contributed by atoms with van der Waals surface area (Å²) in [6.07, 6.45) is 1.02. The molecular weight excluding hydrogens is 336 g/mol. The average molecular weight is 359 g/mol. The van der Waals surface area contributed by atoms with Gasteiger partial charge in [0.05, 0.1) is 0 Å². The van der Waals surface area contributed by atoms with E-state index in [1.165, 1.54) is 6.92 Å². The van der Waals surface area contributed by atoms with Crippen molar-refractivity contribution in [2.75, 3.05) is 18.0 Å². The first-order valence-electron chi connectivity index (χ1n) is 8.31. The van der Waals surface area contributed by atoms with Gasteiger partial charge < -0.3 is 10.2 Å². The van der Waals surface area contributed by atoms with Gasteiger partial charge in [-0.1, -0.05) is 41.4 Å². The van der Waals surface area contributed by atoms with Crippen molar-refractivity contribution < 1.29 is 9.59 Å². The van der Waals surface area contributed by atoms with Gasteiger partial charge in [0, 0.05) is 37.1 Å². The van der Waals surface area contributed by atoms with Gasteiger partial charge in [0.2, 0.25) is 11.8 Å². The lowest BCUT2D eigenvalue weighted by molar-refractivity contribution is -0.121. The summed E-state index contributed by atoms with van der Waals surface area (Å²) in [6, 6.07) is 15.3. The van der Waals surface area contributed by atoms with Crippen LogP contribution in [0.25, 0.3) is 0 Å². The number of hydrogen-bond acceptors (Lipinski definition) is 2. The van der Waals surface area contributed by atoms with Gasteiger partial charge in [-0.15, -0.1) is 0 Å². The maximum absolute atomic E-state index is 12.0. The SMILES string of the molecule is CC(=O)N(CCC(=O)NCCc1ccc(Cl)cc1)c1ccc(C)cc1. The fourth-order valence-electron chi connectivity index (χ4n) is 2.49. The van der Waals surface area contributed by atoms with Crippen molar-refractivity contribution in [3.63, 3.8) is 0 Å². The number of amides is 2. The van der Waals surface area contributed by atoms with Crippen LogP contribution in [0.4, 0.5) is 5.69 Å². The fraction of sp³-hybridized carbons (Fsp3) is 0.300. The van der Waals surface area contributed by atoms with E-state index in [0.29, 0.717) is 18.1 Å². The van der Waals surface area contributed by atoms with Crippen LogP contribution in [0.5, 0.6) is 0 Å². The molecule has 1 N–H and O–H groups in total. The minimum Gasteiger partial charge on any atom is -0.356 e. The number of rotatable bonds is 7. The number of carbonyl (C=O) groups excluding carboxylic acids is 2. The first-order valence-corrected chi connectivity index (χ1v) is 8.69. The van der Waals surface area contributed by atoms with Gasteiger partial charge in [-0.3, -0.25) is 9.59 Å². The summed E-state index contributed by atoms with van der Waals surface area (Å²) in [5.74, 6) is -0.134. The molecule has 2 amide bonds. The molecule has 0 heterocycles. The first kappa shape index (κ1) is 19.0. The van der Waals surface area contributed by atoms with Crippen LogP contribution in [0.3, 0.4) is 0 Å². The van der Waals surface area contributed by atoms with Crippen molar-refractivity contribution in [1.82, 2.24) is 5.32 Å². The van der Waals surface area contributed by atoms with E-state index in [4.69, 9.17) is 11.6 Å². The van der Waals surface area contributed by atoms with E-state index in [0.717, 1.165) is 23.2 Å². The predicted octanol–water partition coefficient (Wildman–Crippen LogP) is 3.75. The summed E-state index contributed by atoms with van der Waals surface area (Å²) in [6.45, 7) is 4.44. The summed E-state index contributed by atoms with van der Waals surface area (Å²) >= 11 is 5.85. The molecule has 4 nitrogen and oxygen atoms in total. The lowest BCUT2D eigenvalue weighted by atomic mass is 10.1. The molecule has 0 bridgehead atoms. The second kappa shape index (κ2) is 9.23. The Morgan fingerprint density at radius 2 is 1.68 bits per heavy atom. The highest BCUT2D eigenvalue weighted by Gasteiger charge is 2.13. The highest BCUT2D eigenvalue weighted by atomic mass is 35.5. The standard InChI is InChI=1S/C20H23ClN2O2/c1-15-3-9-19(10-4-15)23(16(2)24)14-12-20(25)22-13-11-17-5-7-18(21)8-6-17/h3-10H,11-14H2,1-2H3,(H,22,25). The van der Waals surface area contributed by atoms with Crippen molar-refractivity contribution >= 4 is 29.1 Å². The van der Waals surface area contributed by atoms with Crippen LogP contribution in [0, 0.1) is 6.92 Å². The zero-order valence-electron chi connectivity index (χ0n) is 14.6. The summed E-state index contributed by atoms with van der Waals surface area (Å²) in [5.41, 5.74) is 3.06. The van der Waals surface area contributed by atoms with Crippen molar-refractivity contribution in [3.8, 4) is 0 Å². The second-order valence-corrected chi connectivity index (χ2v) is 6.42. The van der Waals surface area contributed by atoms with Gasteiger partial charge in [-0.2, -0.15) is 0 Å². The average Bonchev–Trinajstić information content (AvgIpc) is 2.58. The number of nitrogens with one attached hydrogen (secondary N) is 1. The summed E-state index contributed by atoms with van der Waals surface area (Å²) in [5, 5.41) is 3.59. The van der Waals surface area contributed by atoms with Gasteiger partial charge in [0.1, 0.15) is 0 Å². The highest BCUT2D eigenvalue weighted by Crippen LogP contribution is 2.15. The van der Waals surface area contributed by atoms with Gasteiger partial charge in [-0.05, 0) is 43.2 Å². The summed E-state index contributed by atoms with van der Waals surface area (Å²) < 4.78 is 0. The van der Waals surface area contributed by atoms with E-state index in [9.17, 15) is 9.59 Å². The Labute approximate surface area is 153 Å². The van der Waals surface area contributed by atoms with Crippen molar-refractivity contribution in [2.24, 2.45) is 0 Å². The summed E-state index contributed by atoms with van der Waals surface area (Å²) in [7, 11) is 0. The van der Waals surface area contributed by atoms with Gasteiger partial charge in [0.25, 0.3) is 0 Å². The molecule has 0 aliphatic carbocycles. The Morgan fingerprint density at radius 1 is 1.04 bits per heavy atom. The van der Waals surface area contributed by atoms with E-state index in [1.54, 1.807) is 4.90 Å². The van der Waals surface area contributed by atoms with E-state index in [-0.39, 0.29) is 18.2 Å². The molecule has 0 spiro atoms. The van der Waals surface area contributed by atoms with Crippen LogP contribution < -0.4 is 10.2 Å². The van der Waals surface area contributed by atoms with Gasteiger partial charge in [-0.25, -0.2) is 0 Å². The predicted molar refractivity (Wildman–Crippen MR) is 102 cm³/mol. The number of hydrogen-bond donors (Lipinski definition) is 1. The Balaban J connectivity index is 1.79. The van der Waals surface area contributed by atoms with Crippen molar-refractivity contribution in [2.45, 2.75) is 26.7 Å². The Hall–Kier alpha value is -2.33. The molecule has 132 valence electrons. The first-order chi connectivity index (χ1) is 12.0. The van der Waals surface area contributed by atoms with Crippen LogP contribution in [-0.2, 0) is 16.0 Å². The number of anilines is 1. The van der Waals surface area contributed by atoms with E-state index in [2.05, 4.69) is 5.32 Å². The molecule has 0 saturated carbocycles. The van der Waals surface area contributed by atoms with Crippen LogP contribution in [0.1, 0.15) is 24.5 Å². The molecule has 0 aliphatic rings. The van der Waals surface area contributed by atoms with Gasteiger partial charge >= 0.3 is 0 Å². The zero-order valence-corrected chi connectivity index (χ0v) is 15.3. The third kappa shape index (κ3) is 6.24. The number of benzene rings is 2. The normalized spacial score (nSPS) is 10.4. The fourth-order valence-corrected chi connectivity index (χ4v) is 2.62. The monoisotopic (exact) mass is 358 g/mol. The minimum atomic E-state index is -0.0715. The third-order valence-corrected chi connectivity index (χ3v) is 4.19. The molecule has 25 heavy (non-hydrogen) atoms. The smallest absolute Gasteiger partial charge is 0.223 e. The van der Waals surface area contributed by atoms with Crippen molar-refractivity contribution in [3.05, 3.63) is 64.7 Å². The quantitative estimate of drug-likeness (QED) is 0.819. The lowest BCUT2D eigenvalue weighted by Crippen LogP contribution is -2.34. The second-order valence-electron chi connectivity index (χ2n) is 5.98. The van der Waals surface area contributed by atoms with E-state index >= 15 is 0 Å². The number of carbonyl (C=O) groups is 2. The molecule has 2 aromatic rings. The summed E-state index contributed by atoms with van der Waals surface area (Å²) in [4.78, 5) is 25.5. The number of nitrogens with zero attached hydrogens (tertiary/aromatic N) is 1. The molecular formula is C20H23ClN2O2. The van der Waals surface area contributed by atoms with Crippen molar-refractivity contribution in [1.29, 1.82) is 0 Å². The van der Waals surface area contributed by atoms with Crippen LogP contribution in [0.2, 0.25) is 5.02 Å². The Morgan fingerprint density at radius 3 is 2.28 bits per heavy atom. The molecule has 0 radical (unpaired) electrons. The molecule has 0 aromatic heterocycles. The molecule has 0 saturated heterocycles. The number of aryl methyl sites for hydroxylation is 1. The molecule has 0 fully saturated rings. The maximum atomic E-state index is 12.0. The van der Waals surface area contributed by atoms with Crippen LogP contribution in [0.15, 0.2) is 48.5 Å². The van der Waals surface area contributed by atoms with Crippen LogP contribution >= 0.6 is 11.6 Å². The van der Waals surface area contributed by atoms with E-state index in [1.807, 2.05) is 55.5 Å². The topological polar surface area (TPSA) is 49.4 Å². The minimum absolute atomic E-state index is 0.0627. The highest BCUT2D eigenvalue weighted by molar-refractivity contribution is 6.30. The largest absolute Gasteiger partial charge is 0.356 e. The molecule has 2 aromatic carbocycles. The Bertz CT molecular complexity index is 711. The Kier molecular flexibility index (Phi) is 7.02. The molecule has 2 rings (SSSR count). The molecule has 0 atom stereocenters. The molecule has 0 aliphatic heterocycles. The third-order valence-electron chi connectivity index (χ3n) is 3.94. The molecule has 5 heteroatoms. The zero-order chi connectivity index (χ0) is 18.2. The lowest BCUT2D eigenvalue weighted by Gasteiger charge is -2.21. The van der Waals surface area contributed by atoms with Crippen LogP contribution in [-0.4, -0.2) is 24.9 Å². The molecule has 0 unspecified atom stereocenters. The van der Waals surface area contributed by atoms with Gasteiger partial charge in [0.15, 0.2) is 0 Å². The maximum Gasteiger partial charge on any atom is 0.223 e. The number of halogens is 1. The van der Waals surface area contributed by atoms with E-state index < -0.39 is 0 Å².